The van der Waals surface area contributed by atoms with Crippen LogP contribution in [0.3, 0.4) is 0 Å². The van der Waals surface area contributed by atoms with Gasteiger partial charge in [0.25, 0.3) is 5.69 Å². The standard InChI is InChI=1S/C28H16N2O2S2/c29-27-18-23(11-15-26-17-16-25(34-26)14-9-20-4-2-1-3-5-20)28(30(31)32)19-22(27)10-6-21-7-12-24(33)13-8-21/h1-5,7-8,12-13,16-19,33H,29H2. The largest absolute Gasteiger partial charge is 0.398 e. The van der Waals surface area contributed by atoms with Crippen molar-refractivity contribution < 1.29 is 4.92 Å². The predicted molar refractivity (Wildman–Crippen MR) is 140 cm³/mol. The molecular formula is C28H16N2O2S2. The Labute approximate surface area is 207 Å². The van der Waals surface area contributed by atoms with Gasteiger partial charge in [-0.15, -0.1) is 24.0 Å². The van der Waals surface area contributed by atoms with Gasteiger partial charge in [0.05, 0.1) is 20.2 Å². The van der Waals surface area contributed by atoms with E-state index < -0.39 is 4.92 Å². The molecule has 0 aliphatic rings. The lowest BCUT2D eigenvalue weighted by atomic mass is 10.1. The van der Waals surface area contributed by atoms with Crippen molar-refractivity contribution in [2.45, 2.75) is 4.90 Å². The van der Waals surface area contributed by atoms with Gasteiger partial charge in [0.1, 0.15) is 5.56 Å². The molecule has 4 rings (SSSR count). The van der Waals surface area contributed by atoms with Crippen LogP contribution < -0.4 is 5.73 Å². The number of nitrogen functional groups attached to an aromatic ring is 1. The van der Waals surface area contributed by atoms with Crippen LogP contribution in [-0.4, -0.2) is 4.92 Å². The van der Waals surface area contributed by atoms with Crippen molar-refractivity contribution in [3.63, 3.8) is 0 Å². The zero-order valence-corrected chi connectivity index (χ0v) is 19.4. The Morgan fingerprint density at radius 3 is 2.00 bits per heavy atom. The average Bonchev–Trinajstić information content (AvgIpc) is 3.30. The van der Waals surface area contributed by atoms with E-state index in [4.69, 9.17) is 5.73 Å². The Balaban J connectivity index is 1.60. The third kappa shape index (κ3) is 5.88. The summed E-state index contributed by atoms with van der Waals surface area (Å²) in [6.07, 6.45) is 0. The van der Waals surface area contributed by atoms with Gasteiger partial charge in [-0.1, -0.05) is 53.7 Å². The molecule has 1 aromatic heterocycles. The molecule has 0 bridgehead atoms. The number of nitro groups is 1. The van der Waals surface area contributed by atoms with Crippen LogP contribution in [-0.2, 0) is 0 Å². The van der Waals surface area contributed by atoms with Gasteiger partial charge < -0.3 is 5.73 Å². The van der Waals surface area contributed by atoms with E-state index in [-0.39, 0.29) is 11.3 Å². The van der Waals surface area contributed by atoms with Crippen LogP contribution >= 0.6 is 24.0 Å². The van der Waals surface area contributed by atoms with E-state index in [0.29, 0.717) is 11.3 Å². The van der Waals surface area contributed by atoms with Crippen LogP contribution in [0.4, 0.5) is 11.4 Å². The summed E-state index contributed by atoms with van der Waals surface area (Å²) in [5.41, 5.74) is 8.61. The molecule has 0 aliphatic carbocycles. The summed E-state index contributed by atoms with van der Waals surface area (Å²) in [5.74, 6) is 17.9. The Morgan fingerprint density at radius 1 is 0.735 bits per heavy atom. The highest BCUT2D eigenvalue weighted by atomic mass is 32.1. The van der Waals surface area contributed by atoms with E-state index in [9.17, 15) is 10.1 Å². The molecule has 4 aromatic rings. The Kier molecular flexibility index (Phi) is 7.01. The first-order valence-electron chi connectivity index (χ1n) is 10.1. The summed E-state index contributed by atoms with van der Waals surface area (Å²) in [5, 5.41) is 11.7. The summed E-state index contributed by atoms with van der Waals surface area (Å²) < 4.78 is 0. The fourth-order valence-corrected chi connectivity index (χ4v) is 3.77. The van der Waals surface area contributed by atoms with Crippen LogP contribution in [0.15, 0.2) is 83.8 Å². The van der Waals surface area contributed by atoms with E-state index in [1.165, 1.54) is 23.5 Å². The molecule has 0 spiro atoms. The lowest BCUT2D eigenvalue weighted by Crippen LogP contribution is -1.98. The van der Waals surface area contributed by atoms with E-state index in [2.05, 4.69) is 48.2 Å². The predicted octanol–water partition coefficient (Wildman–Crippen LogP) is 5.73. The molecule has 0 amide bonds. The van der Waals surface area contributed by atoms with Gasteiger partial charge in [0.15, 0.2) is 0 Å². The van der Waals surface area contributed by atoms with Gasteiger partial charge in [0.2, 0.25) is 0 Å². The van der Waals surface area contributed by atoms with Crippen molar-refractivity contribution >= 4 is 35.3 Å². The number of hydrogen-bond acceptors (Lipinski definition) is 5. The molecular weight excluding hydrogens is 460 g/mol. The molecule has 3 aromatic carbocycles. The monoisotopic (exact) mass is 476 g/mol. The van der Waals surface area contributed by atoms with E-state index >= 15 is 0 Å². The average molecular weight is 477 g/mol. The lowest BCUT2D eigenvalue weighted by Gasteiger charge is -2.01. The number of rotatable bonds is 1. The quantitative estimate of drug-likeness (QED) is 0.121. The first kappa shape index (κ1) is 22.8. The summed E-state index contributed by atoms with van der Waals surface area (Å²) in [6.45, 7) is 0. The molecule has 1 heterocycles. The van der Waals surface area contributed by atoms with E-state index in [1.807, 2.05) is 66.7 Å². The van der Waals surface area contributed by atoms with Crippen LogP contribution in [0.1, 0.15) is 32.0 Å². The van der Waals surface area contributed by atoms with Crippen molar-refractivity contribution in [2.75, 3.05) is 5.73 Å². The molecule has 0 unspecified atom stereocenters. The Bertz CT molecular complexity index is 1550. The first-order chi connectivity index (χ1) is 16.5. The van der Waals surface area contributed by atoms with Crippen molar-refractivity contribution in [1.29, 1.82) is 0 Å². The minimum Gasteiger partial charge on any atom is -0.398 e. The summed E-state index contributed by atoms with van der Waals surface area (Å²) in [6, 6.07) is 23.6. The summed E-state index contributed by atoms with van der Waals surface area (Å²) in [4.78, 5) is 13.6. The topological polar surface area (TPSA) is 69.2 Å². The van der Waals surface area contributed by atoms with Crippen LogP contribution in [0.5, 0.6) is 0 Å². The zero-order valence-electron chi connectivity index (χ0n) is 17.7. The number of thiophene rings is 1. The third-order valence-corrected chi connectivity index (χ3v) is 5.82. The number of hydrogen-bond donors (Lipinski definition) is 2. The maximum atomic E-state index is 11.7. The third-order valence-electron chi connectivity index (χ3n) is 4.60. The molecule has 0 fully saturated rings. The highest BCUT2D eigenvalue weighted by molar-refractivity contribution is 7.80. The molecule has 4 nitrogen and oxygen atoms in total. The molecule has 0 saturated carbocycles. The summed E-state index contributed by atoms with van der Waals surface area (Å²) >= 11 is 5.67. The normalized spacial score (nSPS) is 9.56. The van der Waals surface area contributed by atoms with Crippen molar-refractivity contribution in [3.05, 3.63) is 121 Å². The summed E-state index contributed by atoms with van der Waals surface area (Å²) in [7, 11) is 0. The maximum Gasteiger partial charge on any atom is 0.286 e. The second kappa shape index (κ2) is 10.5. The number of benzene rings is 3. The van der Waals surface area contributed by atoms with Gasteiger partial charge in [-0.05, 0) is 54.6 Å². The van der Waals surface area contributed by atoms with Crippen LogP contribution in [0.2, 0.25) is 0 Å². The second-order valence-corrected chi connectivity index (χ2v) is 8.64. The van der Waals surface area contributed by atoms with Gasteiger partial charge in [-0.3, -0.25) is 10.1 Å². The van der Waals surface area contributed by atoms with Gasteiger partial charge in [-0.2, -0.15) is 0 Å². The van der Waals surface area contributed by atoms with Crippen LogP contribution in [0.25, 0.3) is 0 Å². The van der Waals surface area contributed by atoms with Gasteiger partial charge >= 0.3 is 0 Å². The van der Waals surface area contributed by atoms with E-state index in [0.717, 1.165) is 25.8 Å². The number of thiol groups is 1. The highest BCUT2D eigenvalue weighted by Gasteiger charge is 2.15. The number of nitrogens with two attached hydrogens (primary N) is 1. The number of nitrogens with zero attached hydrogens (tertiary/aromatic N) is 1. The molecule has 0 saturated heterocycles. The number of anilines is 1. The van der Waals surface area contributed by atoms with Crippen molar-refractivity contribution in [2.24, 2.45) is 0 Å². The van der Waals surface area contributed by atoms with Crippen LogP contribution in [0, 0.1) is 45.6 Å². The van der Waals surface area contributed by atoms with E-state index in [1.54, 1.807) is 0 Å². The molecule has 0 radical (unpaired) electrons. The van der Waals surface area contributed by atoms with Gasteiger partial charge in [-0.25, -0.2) is 0 Å². The molecule has 0 atom stereocenters. The fourth-order valence-electron chi connectivity index (χ4n) is 2.91. The lowest BCUT2D eigenvalue weighted by molar-refractivity contribution is -0.385. The first-order valence-corrected chi connectivity index (χ1v) is 11.3. The number of nitro benzene ring substituents is 1. The molecule has 2 N–H and O–H groups in total. The Hall–Kier alpha value is -4.41. The molecule has 0 aliphatic heterocycles. The molecule has 162 valence electrons. The fraction of sp³-hybridized carbons (Fsp3) is 0. The molecule has 6 heteroatoms. The second-order valence-electron chi connectivity index (χ2n) is 7.04. The smallest absolute Gasteiger partial charge is 0.286 e. The minimum absolute atomic E-state index is 0.141. The maximum absolute atomic E-state index is 11.7. The van der Waals surface area contributed by atoms with Gasteiger partial charge in [0, 0.05) is 27.8 Å². The van der Waals surface area contributed by atoms with Crippen molar-refractivity contribution in [1.82, 2.24) is 0 Å². The minimum atomic E-state index is -0.477. The zero-order chi connectivity index (χ0) is 23.9. The highest BCUT2D eigenvalue weighted by Crippen LogP contribution is 2.25. The Morgan fingerprint density at radius 2 is 1.32 bits per heavy atom. The SMILES string of the molecule is Nc1cc(C#Cc2ccc(C#Cc3ccccc3)s2)c([N+](=O)[O-])cc1C#Cc1ccc(S)cc1. The van der Waals surface area contributed by atoms with Crippen molar-refractivity contribution in [3.8, 4) is 35.5 Å². The molecule has 34 heavy (non-hydrogen) atoms.